The Balaban J connectivity index is 1.40. The molecule has 1 atom stereocenters. The van der Waals surface area contributed by atoms with Gasteiger partial charge in [-0.15, -0.1) is 0 Å². The number of aliphatic hydroxyl groups is 1. The van der Waals surface area contributed by atoms with Crippen LogP contribution in [0.15, 0.2) is 30.3 Å². The molecular formula is C19H22ClN3O3. The van der Waals surface area contributed by atoms with Crippen molar-refractivity contribution in [2.75, 3.05) is 13.2 Å². The summed E-state index contributed by atoms with van der Waals surface area (Å²) in [5.41, 5.74) is 1.69. The van der Waals surface area contributed by atoms with E-state index in [1.54, 1.807) is 29.2 Å². The fourth-order valence-corrected chi connectivity index (χ4v) is 3.47. The summed E-state index contributed by atoms with van der Waals surface area (Å²) in [5.74, 6) is 0.863. The summed E-state index contributed by atoms with van der Waals surface area (Å²) < 4.78 is 7.50. The number of carbonyl (C=O) groups is 1. The van der Waals surface area contributed by atoms with Crippen LogP contribution in [0.4, 0.5) is 0 Å². The zero-order valence-corrected chi connectivity index (χ0v) is 15.2. The van der Waals surface area contributed by atoms with Crippen molar-refractivity contribution >= 4 is 17.5 Å². The highest BCUT2D eigenvalue weighted by atomic mass is 35.5. The predicted molar refractivity (Wildman–Crippen MR) is 96.9 cm³/mol. The minimum atomic E-state index is -0.482. The molecule has 138 valence electrons. The van der Waals surface area contributed by atoms with Crippen LogP contribution in [0.2, 0.25) is 5.02 Å². The number of carbonyl (C=O) groups excluding carboxylic acids is 1. The van der Waals surface area contributed by atoms with E-state index in [2.05, 4.69) is 5.10 Å². The Morgan fingerprint density at radius 3 is 2.96 bits per heavy atom. The van der Waals surface area contributed by atoms with Crippen molar-refractivity contribution in [2.45, 2.75) is 38.5 Å². The molecule has 6 nitrogen and oxygen atoms in total. The minimum absolute atomic E-state index is 0.0218. The number of amides is 1. The van der Waals surface area contributed by atoms with Crippen molar-refractivity contribution in [3.05, 3.63) is 46.7 Å². The monoisotopic (exact) mass is 375 g/mol. The maximum Gasteiger partial charge on any atom is 0.260 e. The third-order valence-electron chi connectivity index (χ3n) is 4.92. The second-order valence-corrected chi connectivity index (χ2v) is 7.42. The number of halogens is 1. The summed E-state index contributed by atoms with van der Waals surface area (Å²) in [7, 11) is 0. The van der Waals surface area contributed by atoms with Crippen LogP contribution >= 0.6 is 11.6 Å². The molecule has 26 heavy (non-hydrogen) atoms. The quantitative estimate of drug-likeness (QED) is 0.872. The summed E-state index contributed by atoms with van der Waals surface area (Å²) in [4.78, 5) is 14.4. The van der Waals surface area contributed by atoms with Crippen molar-refractivity contribution in [1.29, 1.82) is 0 Å². The molecule has 1 N–H and O–H groups in total. The molecule has 7 heteroatoms. The number of ether oxygens (including phenoxy) is 1. The molecule has 1 aliphatic carbocycles. The van der Waals surface area contributed by atoms with Crippen LogP contribution in [0.3, 0.4) is 0 Å². The Hall–Kier alpha value is -2.05. The van der Waals surface area contributed by atoms with Gasteiger partial charge in [-0.1, -0.05) is 17.7 Å². The van der Waals surface area contributed by atoms with Crippen LogP contribution < -0.4 is 4.74 Å². The molecule has 1 fully saturated rings. The first-order valence-electron chi connectivity index (χ1n) is 9.01. The van der Waals surface area contributed by atoms with E-state index in [1.807, 2.05) is 10.7 Å². The second kappa shape index (κ2) is 7.29. The molecule has 1 aromatic carbocycles. The third kappa shape index (κ3) is 3.86. The van der Waals surface area contributed by atoms with Gasteiger partial charge in [0.25, 0.3) is 5.91 Å². The summed E-state index contributed by atoms with van der Waals surface area (Å²) in [6.07, 6.45) is 2.48. The highest BCUT2D eigenvalue weighted by Gasteiger charge is 2.33. The van der Waals surface area contributed by atoms with Gasteiger partial charge in [0, 0.05) is 18.1 Å². The molecule has 1 amide bonds. The molecule has 1 saturated carbocycles. The molecule has 2 heterocycles. The van der Waals surface area contributed by atoms with Crippen molar-refractivity contribution < 1.29 is 14.6 Å². The van der Waals surface area contributed by atoms with Crippen LogP contribution in [-0.4, -0.2) is 38.8 Å². The zero-order valence-electron chi connectivity index (χ0n) is 14.5. The molecule has 2 aliphatic rings. The van der Waals surface area contributed by atoms with E-state index < -0.39 is 6.10 Å². The van der Waals surface area contributed by atoms with Gasteiger partial charge >= 0.3 is 0 Å². The fraction of sp³-hybridized carbons (Fsp3) is 0.474. The van der Waals surface area contributed by atoms with E-state index in [0.29, 0.717) is 29.8 Å². The standard InChI is InChI=1S/C19H22ClN3O3/c20-14-3-1-4-16(9-14)26-12-18(24)22-7-2-8-23-15(11-22)10-17(21-23)19(25)13-5-6-13/h1,3-4,9-10,13,19,25H,2,5-8,11-12H2. The smallest absolute Gasteiger partial charge is 0.260 e. The Labute approximate surface area is 157 Å². The highest BCUT2D eigenvalue weighted by Crippen LogP contribution is 2.40. The van der Waals surface area contributed by atoms with Gasteiger partial charge in [0.15, 0.2) is 6.61 Å². The van der Waals surface area contributed by atoms with Gasteiger partial charge in [-0.25, -0.2) is 0 Å². The molecule has 0 spiro atoms. The molecular weight excluding hydrogens is 354 g/mol. The molecule has 0 radical (unpaired) electrons. The van der Waals surface area contributed by atoms with Gasteiger partial charge in [0.2, 0.25) is 0 Å². The van der Waals surface area contributed by atoms with Gasteiger partial charge in [-0.2, -0.15) is 5.10 Å². The summed E-state index contributed by atoms with van der Waals surface area (Å²) in [6, 6.07) is 8.96. The lowest BCUT2D eigenvalue weighted by atomic mass is 10.1. The van der Waals surface area contributed by atoms with E-state index in [-0.39, 0.29) is 12.5 Å². The van der Waals surface area contributed by atoms with Crippen LogP contribution in [0.5, 0.6) is 5.75 Å². The van der Waals surface area contributed by atoms with E-state index >= 15 is 0 Å². The Bertz CT molecular complexity index is 803. The number of aliphatic hydroxyl groups excluding tert-OH is 1. The van der Waals surface area contributed by atoms with Gasteiger partial charge < -0.3 is 14.7 Å². The number of fused-ring (bicyclic) bond motifs is 1. The number of nitrogens with zero attached hydrogens (tertiary/aromatic N) is 3. The Morgan fingerprint density at radius 1 is 1.35 bits per heavy atom. The SMILES string of the molecule is O=C(COc1cccc(Cl)c1)N1CCCn2nc(C(O)C3CC3)cc2C1. The largest absolute Gasteiger partial charge is 0.484 e. The number of hydrogen-bond acceptors (Lipinski definition) is 4. The van der Waals surface area contributed by atoms with Crippen molar-refractivity contribution in [2.24, 2.45) is 5.92 Å². The van der Waals surface area contributed by atoms with Crippen LogP contribution in [0.25, 0.3) is 0 Å². The normalized spacial score (nSPS) is 18.2. The molecule has 0 bridgehead atoms. The third-order valence-corrected chi connectivity index (χ3v) is 5.15. The van der Waals surface area contributed by atoms with E-state index in [9.17, 15) is 9.90 Å². The lowest BCUT2D eigenvalue weighted by Gasteiger charge is -2.20. The average Bonchev–Trinajstić information content (AvgIpc) is 3.43. The molecule has 1 aliphatic heterocycles. The molecule has 4 rings (SSSR count). The maximum atomic E-state index is 12.6. The van der Waals surface area contributed by atoms with Crippen molar-refractivity contribution in [1.82, 2.24) is 14.7 Å². The topological polar surface area (TPSA) is 67.6 Å². The van der Waals surface area contributed by atoms with Gasteiger partial charge in [-0.3, -0.25) is 9.48 Å². The predicted octanol–water partition coefficient (Wildman–Crippen LogP) is 2.79. The average molecular weight is 376 g/mol. The number of aromatic nitrogens is 2. The van der Waals surface area contributed by atoms with Crippen LogP contribution in [0.1, 0.15) is 36.8 Å². The molecule has 1 aromatic heterocycles. The number of rotatable bonds is 5. The first-order chi connectivity index (χ1) is 12.6. The Kier molecular flexibility index (Phi) is 4.87. The van der Waals surface area contributed by atoms with E-state index in [1.165, 1.54) is 0 Å². The lowest BCUT2D eigenvalue weighted by Crippen LogP contribution is -2.34. The first-order valence-corrected chi connectivity index (χ1v) is 9.39. The highest BCUT2D eigenvalue weighted by molar-refractivity contribution is 6.30. The van der Waals surface area contributed by atoms with Gasteiger partial charge in [0.05, 0.1) is 17.9 Å². The Morgan fingerprint density at radius 2 is 2.19 bits per heavy atom. The number of hydrogen-bond donors (Lipinski definition) is 1. The first kappa shape index (κ1) is 17.4. The maximum absolute atomic E-state index is 12.6. The molecule has 2 aromatic rings. The summed E-state index contributed by atoms with van der Waals surface area (Å²) >= 11 is 5.94. The summed E-state index contributed by atoms with van der Waals surface area (Å²) in [6.45, 7) is 1.89. The van der Waals surface area contributed by atoms with Crippen molar-refractivity contribution in [3.63, 3.8) is 0 Å². The second-order valence-electron chi connectivity index (χ2n) is 6.98. The zero-order chi connectivity index (χ0) is 18.1. The molecule has 1 unspecified atom stereocenters. The number of aryl methyl sites for hydroxylation is 1. The van der Waals surface area contributed by atoms with Gasteiger partial charge in [0.1, 0.15) is 11.9 Å². The minimum Gasteiger partial charge on any atom is -0.484 e. The van der Waals surface area contributed by atoms with Crippen LogP contribution in [0, 0.1) is 5.92 Å². The lowest BCUT2D eigenvalue weighted by molar-refractivity contribution is -0.134. The van der Waals surface area contributed by atoms with Gasteiger partial charge in [-0.05, 0) is 49.4 Å². The van der Waals surface area contributed by atoms with E-state index in [4.69, 9.17) is 16.3 Å². The summed E-state index contributed by atoms with van der Waals surface area (Å²) in [5, 5.41) is 15.4. The van der Waals surface area contributed by atoms with Crippen molar-refractivity contribution in [3.8, 4) is 5.75 Å². The number of benzene rings is 1. The van der Waals surface area contributed by atoms with Crippen LogP contribution in [-0.2, 0) is 17.9 Å². The van der Waals surface area contributed by atoms with E-state index in [0.717, 1.165) is 37.2 Å². The fourth-order valence-electron chi connectivity index (χ4n) is 3.29. The molecule has 0 saturated heterocycles.